The Morgan fingerprint density at radius 3 is 2.09 bits per heavy atom. The Morgan fingerprint density at radius 2 is 1.44 bits per heavy atom. The van der Waals surface area contributed by atoms with Crippen LogP contribution in [0.4, 0.5) is 0 Å². The molecule has 0 saturated heterocycles. The van der Waals surface area contributed by atoms with Crippen LogP contribution in [0.3, 0.4) is 0 Å². The standard InChI is InChI=1S/C39H50O6/c1-25(15-20-35(40)43-4)31-18-19-32-30-17-16-28-23-29(44-36(41)26-11-7-5-8-12-26)21-22-38(28,2)33(30)24-34(39(31,32)3)45-37(42)27-13-9-6-10-14-27/h5-14,25,28-34H,15-24H2,1-4H3/t25-,28+,29+,30-,31-,32+,33-,34-,38-,39+/m0/s1. The van der Waals surface area contributed by atoms with Gasteiger partial charge in [0.15, 0.2) is 0 Å². The Morgan fingerprint density at radius 1 is 0.800 bits per heavy atom. The average Bonchev–Trinajstić information content (AvgIpc) is 3.43. The number of carbonyl (C=O) groups is 3. The summed E-state index contributed by atoms with van der Waals surface area (Å²) in [5.41, 5.74) is 1.18. The third-order valence-corrected chi connectivity index (χ3v) is 13.0. The van der Waals surface area contributed by atoms with Crippen molar-refractivity contribution >= 4 is 17.9 Å². The molecule has 0 unspecified atom stereocenters. The number of rotatable bonds is 8. The quantitative estimate of drug-likeness (QED) is 0.220. The van der Waals surface area contributed by atoms with Crippen LogP contribution >= 0.6 is 0 Å². The minimum absolute atomic E-state index is 0.0561. The van der Waals surface area contributed by atoms with Crippen LogP contribution in [0, 0.1) is 46.3 Å². The first-order valence-electron chi connectivity index (χ1n) is 17.2. The van der Waals surface area contributed by atoms with Crippen molar-refractivity contribution in [2.45, 2.75) is 97.2 Å². The Bertz CT molecular complexity index is 1360. The predicted octanol–water partition coefficient (Wildman–Crippen LogP) is 8.30. The molecule has 4 fully saturated rings. The molecule has 4 saturated carbocycles. The van der Waals surface area contributed by atoms with Gasteiger partial charge < -0.3 is 14.2 Å². The Balaban J connectivity index is 1.24. The molecule has 0 bridgehead atoms. The van der Waals surface area contributed by atoms with E-state index in [1.165, 1.54) is 13.5 Å². The minimum atomic E-state index is -0.235. The highest BCUT2D eigenvalue weighted by atomic mass is 16.5. The molecule has 6 rings (SSSR count). The monoisotopic (exact) mass is 614 g/mol. The molecule has 0 radical (unpaired) electrons. The maximum atomic E-state index is 13.6. The summed E-state index contributed by atoms with van der Waals surface area (Å²) in [6.45, 7) is 7.16. The van der Waals surface area contributed by atoms with Crippen molar-refractivity contribution in [3.05, 3.63) is 71.8 Å². The van der Waals surface area contributed by atoms with Gasteiger partial charge in [0.1, 0.15) is 12.2 Å². The molecule has 0 heterocycles. The van der Waals surface area contributed by atoms with E-state index in [0.29, 0.717) is 53.1 Å². The molecule has 2 aromatic rings. The van der Waals surface area contributed by atoms with Crippen molar-refractivity contribution in [1.82, 2.24) is 0 Å². The molecular formula is C39H50O6. The van der Waals surface area contributed by atoms with Gasteiger partial charge in [0, 0.05) is 11.8 Å². The van der Waals surface area contributed by atoms with Gasteiger partial charge in [0.25, 0.3) is 0 Å². The summed E-state index contributed by atoms with van der Waals surface area (Å²) in [7, 11) is 1.46. The van der Waals surface area contributed by atoms with Crippen LogP contribution in [-0.4, -0.2) is 37.2 Å². The number of hydrogen-bond donors (Lipinski definition) is 0. The molecule has 0 spiro atoms. The predicted molar refractivity (Wildman–Crippen MR) is 172 cm³/mol. The second kappa shape index (κ2) is 12.9. The van der Waals surface area contributed by atoms with E-state index in [0.717, 1.165) is 51.4 Å². The summed E-state index contributed by atoms with van der Waals surface area (Å²) in [6.07, 6.45) is 9.21. The van der Waals surface area contributed by atoms with E-state index < -0.39 is 0 Å². The van der Waals surface area contributed by atoms with Gasteiger partial charge in [-0.2, -0.15) is 0 Å². The Hall–Kier alpha value is -3.15. The fourth-order valence-corrected chi connectivity index (χ4v) is 10.6. The van der Waals surface area contributed by atoms with E-state index in [9.17, 15) is 14.4 Å². The number of benzene rings is 2. The van der Waals surface area contributed by atoms with Gasteiger partial charge in [-0.1, -0.05) is 57.2 Å². The van der Waals surface area contributed by atoms with Crippen LogP contribution in [-0.2, 0) is 19.0 Å². The summed E-state index contributed by atoms with van der Waals surface area (Å²) >= 11 is 0. The van der Waals surface area contributed by atoms with E-state index >= 15 is 0 Å². The number of fused-ring (bicyclic) bond motifs is 5. The molecule has 0 aliphatic heterocycles. The van der Waals surface area contributed by atoms with Crippen molar-refractivity contribution < 1.29 is 28.6 Å². The van der Waals surface area contributed by atoms with Gasteiger partial charge >= 0.3 is 17.9 Å². The normalized spacial score (nSPS) is 36.0. The molecule has 4 aliphatic carbocycles. The smallest absolute Gasteiger partial charge is 0.338 e. The van der Waals surface area contributed by atoms with Crippen LogP contribution in [0.25, 0.3) is 0 Å². The molecule has 6 nitrogen and oxygen atoms in total. The van der Waals surface area contributed by atoms with E-state index in [-0.39, 0.29) is 40.9 Å². The van der Waals surface area contributed by atoms with Crippen LogP contribution in [0.1, 0.15) is 106 Å². The fraction of sp³-hybridized carbons (Fsp3) is 0.615. The van der Waals surface area contributed by atoms with Gasteiger partial charge in [-0.3, -0.25) is 4.79 Å². The molecule has 10 atom stereocenters. The summed E-state index contributed by atoms with van der Waals surface area (Å²) in [6, 6.07) is 18.7. The summed E-state index contributed by atoms with van der Waals surface area (Å²) in [5.74, 6) is 2.08. The van der Waals surface area contributed by atoms with Gasteiger partial charge in [-0.15, -0.1) is 0 Å². The lowest BCUT2D eigenvalue weighted by molar-refractivity contribution is -0.176. The Labute approximate surface area is 268 Å². The maximum absolute atomic E-state index is 13.6. The lowest BCUT2D eigenvalue weighted by Crippen LogP contribution is -2.59. The zero-order valence-electron chi connectivity index (χ0n) is 27.4. The molecule has 0 amide bonds. The van der Waals surface area contributed by atoms with Crippen molar-refractivity contribution in [2.75, 3.05) is 7.11 Å². The van der Waals surface area contributed by atoms with Crippen molar-refractivity contribution in [1.29, 1.82) is 0 Å². The molecule has 242 valence electrons. The zero-order chi connectivity index (χ0) is 31.8. The first-order valence-corrected chi connectivity index (χ1v) is 17.2. The maximum Gasteiger partial charge on any atom is 0.338 e. The van der Waals surface area contributed by atoms with Crippen LogP contribution in [0.2, 0.25) is 0 Å². The van der Waals surface area contributed by atoms with E-state index in [2.05, 4.69) is 20.8 Å². The van der Waals surface area contributed by atoms with Crippen LogP contribution in [0.15, 0.2) is 60.7 Å². The lowest BCUT2D eigenvalue weighted by Gasteiger charge is -2.62. The molecule has 4 aliphatic rings. The van der Waals surface area contributed by atoms with Crippen LogP contribution in [0.5, 0.6) is 0 Å². The molecule has 45 heavy (non-hydrogen) atoms. The largest absolute Gasteiger partial charge is 0.469 e. The van der Waals surface area contributed by atoms with Crippen molar-refractivity contribution in [3.8, 4) is 0 Å². The minimum Gasteiger partial charge on any atom is -0.469 e. The average molecular weight is 615 g/mol. The van der Waals surface area contributed by atoms with Crippen LogP contribution < -0.4 is 0 Å². The highest BCUT2D eigenvalue weighted by Crippen LogP contribution is 2.69. The molecule has 2 aromatic carbocycles. The zero-order valence-corrected chi connectivity index (χ0v) is 27.4. The molecular weight excluding hydrogens is 564 g/mol. The van der Waals surface area contributed by atoms with Gasteiger partial charge in [-0.25, -0.2) is 9.59 Å². The molecule has 0 N–H and O–H groups in total. The van der Waals surface area contributed by atoms with Gasteiger partial charge in [-0.05, 0) is 123 Å². The second-order valence-corrected chi connectivity index (χ2v) is 15.0. The Kier molecular flexibility index (Phi) is 9.14. The second-order valence-electron chi connectivity index (χ2n) is 15.0. The highest BCUT2D eigenvalue weighted by Gasteiger charge is 2.65. The van der Waals surface area contributed by atoms with Crippen molar-refractivity contribution in [2.24, 2.45) is 46.3 Å². The number of esters is 3. The SMILES string of the molecule is COC(=O)CC[C@H](C)[C@@H]1CC[C@@H]2[C@@H]3CC[C@@H]4C[C@H](OC(=O)c5ccccc5)CC[C@]4(C)[C@H]3C[C@H](OC(=O)c3ccccc3)[C@@]21C. The molecule has 6 heteroatoms. The summed E-state index contributed by atoms with van der Waals surface area (Å²) in [5, 5.41) is 0. The van der Waals surface area contributed by atoms with E-state index in [1.807, 2.05) is 60.7 Å². The number of methoxy groups -OCH3 is 1. The van der Waals surface area contributed by atoms with Crippen molar-refractivity contribution in [3.63, 3.8) is 0 Å². The highest BCUT2D eigenvalue weighted by molar-refractivity contribution is 5.90. The van der Waals surface area contributed by atoms with Gasteiger partial charge in [0.05, 0.1) is 18.2 Å². The molecule has 0 aromatic heterocycles. The third kappa shape index (κ3) is 5.94. The number of ether oxygens (including phenoxy) is 3. The summed E-state index contributed by atoms with van der Waals surface area (Å²) < 4.78 is 17.6. The lowest BCUT2D eigenvalue weighted by atomic mass is 9.43. The van der Waals surface area contributed by atoms with Gasteiger partial charge in [0.2, 0.25) is 0 Å². The van der Waals surface area contributed by atoms with E-state index in [1.54, 1.807) is 0 Å². The van der Waals surface area contributed by atoms with E-state index in [4.69, 9.17) is 14.2 Å². The summed E-state index contributed by atoms with van der Waals surface area (Å²) in [4.78, 5) is 38.6. The topological polar surface area (TPSA) is 78.9 Å². The third-order valence-electron chi connectivity index (χ3n) is 13.0. The number of hydrogen-bond acceptors (Lipinski definition) is 6. The fourth-order valence-electron chi connectivity index (χ4n) is 10.6. The number of carbonyl (C=O) groups excluding carboxylic acids is 3. The first kappa shape index (κ1) is 31.8. The first-order chi connectivity index (χ1) is 21.6.